The van der Waals surface area contributed by atoms with Gasteiger partial charge in [-0.3, -0.25) is 4.79 Å². The molecule has 1 aliphatic carbocycles. The molecule has 0 bridgehead atoms. The second-order valence-electron chi connectivity index (χ2n) is 5.81. The minimum Gasteiger partial charge on any atom is -0.489 e. The number of carbonyl (C=O) groups excluding carboxylic acids is 1. The van der Waals surface area contributed by atoms with Crippen molar-refractivity contribution in [3.05, 3.63) is 22.4 Å². The summed E-state index contributed by atoms with van der Waals surface area (Å²) in [7, 11) is 0. The highest BCUT2D eigenvalue weighted by Crippen LogP contribution is 2.30. The quantitative estimate of drug-likeness (QED) is 0.603. The molecule has 0 aromatic carbocycles. The van der Waals surface area contributed by atoms with Crippen molar-refractivity contribution in [2.45, 2.75) is 58.7 Å². The summed E-state index contributed by atoms with van der Waals surface area (Å²) >= 11 is 3.35. The Morgan fingerprint density at radius 3 is 2.81 bits per heavy atom. The fourth-order valence-electron chi connectivity index (χ4n) is 2.62. The fraction of sp³-hybridized carbons (Fsp3) is 0.625. The van der Waals surface area contributed by atoms with Gasteiger partial charge in [0.15, 0.2) is 0 Å². The molecule has 1 unspecified atom stereocenters. The Hall–Kier alpha value is -1.10. The molecule has 5 heteroatoms. The molecule has 1 aromatic heterocycles. The van der Waals surface area contributed by atoms with Crippen LogP contribution in [0.1, 0.15) is 45.2 Å². The van der Waals surface area contributed by atoms with Crippen molar-refractivity contribution < 1.29 is 14.3 Å². The normalized spacial score (nSPS) is 22.1. The number of pyridine rings is 1. The Morgan fingerprint density at radius 2 is 2.14 bits per heavy atom. The third-order valence-corrected chi connectivity index (χ3v) is 4.05. The molecule has 0 spiro atoms. The summed E-state index contributed by atoms with van der Waals surface area (Å²) in [5, 5.41) is 0. The Kier molecular flexibility index (Phi) is 5.62. The number of hydrogen-bond acceptors (Lipinski definition) is 4. The van der Waals surface area contributed by atoms with E-state index < -0.39 is 0 Å². The molecule has 4 nitrogen and oxygen atoms in total. The lowest BCUT2D eigenvalue weighted by atomic mass is 9.87. The van der Waals surface area contributed by atoms with Gasteiger partial charge in [-0.2, -0.15) is 0 Å². The number of ether oxygens (including phenoxy) is 2. The summed E-state index contributed by atoms with van der Waals surface area (Å²) in [5.74, 6) is 0.653. The van der Waals surface area contributed by atoms with E-state index in [2.05, 4.69) is 20.9 Å². The predicted octanol–water partition coefficient (Wildman–Crippen LogP) is 4.04. The smallest absolute Gasteiger partial charge is 0.309 e. The first-order valence-electron chi connectivity index (χ1n) is 7.46. The molecule has 0 amide bonds. The first kappa shape index (κ1) is 16.3. The number of aryl methyl sites for hydroxylation is 1. The average Bonchev–Trinajstić information content (AvgIpc) is 2.41. The predicted molar refractivity (Wildman–Crippen MR) is 84.3 cm³/mol. The van der Waals surface area contributed by atoms with Crippen LogP contribution in [0.3, 0.4) is 0 Å². The molecular weight excluding hydrogens is 334 g/mol. The number of halogens is 1. The maximum absolute atomic E-state index is 12.0. The number of hydrogen-bond donors (Lipinski definition) is 0. The molecule has 21 heavy (non-hydrogen) atoms. The van der Waals surface area contributed by atoms with Crippen LogP contribution < -0.4 is 4.74 Å². The molecule has 2 rings (SSSR count). The van der Waals surface area contributed by atoms with E-state index in [-0.39, 0.29) is 24.1 Å². The zero-order valence-electron chi connectivity index (χ0n) is 12.8. The third kappa shape index (κ3) is 4.70. The Labute approximate surface area is 134 Å². The molecule has 2 atom stereocenters. The highest BCUT2D eigenvalue weighted by atomic mass is 79.9. The molecule has 1 saturated carbocycles. The number of carbonyl (C=O) groups is 1. The highest BCUT2D eigenvalue weighted by Gasteiger charge is 2.30. The van der Waals surface area contributed by atoms with Crippen molar-refractivity contribution in [3.8, 4) is 5.75 Å². The second-order valence-corrected chi connectivity index (χ2v) is 6.62. The van der Waals surface area contributed by atoms with Crippen LogP contribution in [-0.4, -0.2) is 23.2 Å². The van der Waals surface area contributed by atoms with Crippen molar-refractivity contribution in [1.29, 1.82) is 0 Å². The van der Waals surface area contributed by atoms with Crippen LogP contribution in [0.2, 0.25) is 0 Å². The first-order valence-corrected chi connectivity index (χ1v) is 8.25. The van der Waals surface area contributed by atoms with Crippen LogP contribution in [0.5, 0.6) is 5.75 Å². The molecule has 1 aliphatic rings. The SMILES string of the molecule is Cc1nc(Br)ccc1OC1CCC[C@H](C(=O)OC(C)C)C1. The van der Waals surface area contributed by atoms with E-state index in [1.807, 2.05) is 32.9 Å². The summed E-state index contributed by atoms with van der Waals surface area (Å²) in [6.45, 7) is 5.69. The molecule has 1 aromatic rings. The minimum absolute atomic E-state index is 0.0464. The number of nitrogens with zero attached hydrogens (tertiary/aromatic N) is 1. The summed E-state index contributed by atoms with van der Waals surface area (Å²) in [5.41, 5.74) is 0.858. The molecule has 1 fully saturated rings. The number of aromatic nitrogens is 1. The van der Waals surface area contributed by atoms with E-state index in [0.717, 1.165) is 41.7 Å². The lowest BCUT2D eigenvalue weighted by Gasteiger charge is -2.29. The zero-order valence-corrected chi connectivity index (χ0v) is 14.4. The van der Waals surface area contributed by atoms with Gasteiger partial charge in [-0.05, 0) is 74.5 Å². The molecule has 0 N–H and O–H groups in total. The van der Waals surface area contributed by atoms with Crippen molar-refractivity contribution in [1.82, 2.24) is 4.98 Å². The van der Waals surface area contributed by atoms with E-state index in [9.17, 15) is 4.79 Å². The minimum atomic E-state index is -0.0936. The Morgan fingerprint density at radius 1 is 1.38 bits per heavy atom. The zero-order chi connectivity index (χ0) is 15.4. The summed E-state index contributed by atoms with van der Waals surface area (Å²) in [6, 6.07) is 3.79. The van der Waals surface area contributed by atoms with Gasteiger partial charge in [0.05, 0.1) is 23.8 Å². The topological polar surface area (TPSA) is 48.4 Å². The van der Waals surface area contributed by atoms with Gasteiger partial charge < -0.3 is 9.47 Å². The third-order valence-electron chi connectivity index (χ3n) is 3.61. The van der Waals surface area contributed by atoms with Crippen LogP contribution in [0.4, 0.5) is 0 Å². The van der Waals surface area contributed by atoms with Crippen molar-refractivity contribution >= 4 is 21.9 Å². The lowest BCUT2D eigenvalue weighted by Crippen LogP contribution is -2.31. The first-order chi connectivity index (χ1) is 9.95. The van der Waals surface area contributed by atoms with E-state index in [1.165, 1.54) is 0 Å². The summed E-state index contributed by atoms with van der Waals surface area (Å²) in [4.78, 5) is 16.4. The van der Waals surface area contributed by atoms with E-state index in [0.29, 0.717) is 0 Å². The van der Waals surface area contributed by atoms with Crippen LogP contribution in [0.25, 0.3) is 0 Å². The van der Waals surface area contributed by atoms with Gasteiger partial charge in [0, 0.05) is 0 Å². The maximum Gasteiger partial charge on any atom is 0.309 e. The fourth-order valence-corrected chi connectivity index (χ4v) is 3.01. The van der Waals surface area contributed by atoms with Gasteiger partial charge in [-0.15, -0.1) is 0 Å². The molecule has 1 heterocycles. The second kappa shape index (κ2) is 7.25. The highest BCUT2D eigenvalue weighted by molar-refractivity contribution is 9.10. The molecule has 0 aliphatic heterocycles. The Bertz CT molecular complexity index is 504. The summed E-state index contributed by atoms with van der Waals surface area (Å²) < 4.78 is 12.2. The molecule has 0 saturated heterocycles. The number of rotatable bonds is 4. The van der Waals surface area contributed by atoms with Gasteiger partial charge in [0.25, 0.3) is 0 Å². The molecule has 0 radical (unpaired) electrons. The number of esters is 1. The van der Waals surface area contributed by atoms with Crippen molar-refractivity contribution in [2.75, 3.05) is 0 Å². The average molecular weight is 356 g/mol. The van der Waals surface area contributed by atoms with Gasteiger partial charge in [-0.1, -0.05) is 0 Å². The van der Waals surface area contributed by atoms with Gasteiger partial charge >= 0.3 is 5.97 Å². The van der Waals surface area contributed by atoms with Gasteiger partial charge in [-0.25, -0.2) is 4.98 Å². The van der Waals surface area contributed by atoms with Crippen LogP contribution in [0, 0.1) is 12.8 Å². The van der Waals surface area contributed by atoms with Gasteiger partial charge in [0.1, 0.15) is 10.4 Å². The van der Waals surface area contributed by atoms with Crippen LogP contribution >= 0.6 is 15.9 Å². The van der Waals surface area contributed by atoms with Gasteiger partial charge in [0.2, 0.25) is 0 Å². The van der Waals surface area contributed by atoms with E-state index >= 15 is 0 Å². The summed E-state index contributed by atoms with van der Waals surface area (Å²) in [6.07, 6.45) is 3.58. The van der Waals surface area contributed by atoms with E-state index in [4.69, 9.17) is 9.47 Å². The molecule has 116 valence electrons. The largest absolute Gasteiger partial charge is 0.489 e. The monoisotopic (exact) mass is 355 g/mol. The van der Waals surface area contributed by atoms with Crippen molar-refractivity contribution in [3.63, 3.8) is 0 Å². The lowest BCUT2D eigenvalue weighted by molar-refractivity contribution is -0.154. The van der Waals surface area contributed by atoms with Crippen LogP contribution in [0.15, 0.2) is 16.7 Å². The van der Waals surface area contributed by atoms with Crippen molar-refractivity contribution in [2.24, 2.45) is 5.92 Å². The molecular formula is C16H22BrNO3. The Balaban J connectivity index is 1.96. The maximum atomic E-state index is 12.0. The van der Waals surface area contributed by atoms with E-state index in [1.54, 1.807) is 0 Å². The van der Waals surface area contributed by atoms with Crippen LogP contribution in [-0.2, 0) is 9.53 Å². The standard InChI is InChI=1S/C16H22BrNO3/c1-10(2)20-16(19)12-5-4-6-13(9-12)21-14-7-8-15(17)18-11(14)3/h7-8,10,12-13H,4-6,9H2,1-3H3/t12-,13?/m0/s1.